The standard InChI is InChI=1S/C25H26O6S/c1-4-30-22-12-17(2)25(18(3)13-22)20-7-5-6-19(14-20)15-31-21-8-10-23(11-9-21)32(28,29)16-24(26)27/h5-14H,4,15-16H2,1-3H3,(H,26,27). The average Bonchev–Trinajstić information content (AvgIpc) is 2.72. The van der Waals surface area contributed by atoms with E-state index in [1.807, 2.05) is 31.2 Å². The van der Waals surface area contributed by atoms with Crippen molar-refractivity contribution in [2.45, 2.75) is 32.3 Å². The number of ether oxygens (including phenoxy) is 2. The van der Waals surface area contributed by atoms with Gasteiger partial charge in [-0.25, -0.2) is 8.42 Å². The minimum absolute atomic E-state index is 0.0457. The molecule has 0 amide bonds. The highest BCUT2D eigenvalue weighted by Gasteiger charge is 2.18. The number of hydrogen-bond acceptors (Lipinski definition) is 5. The van der Waals surface area contributed by atoms with E-state index in [1.165, 1.54) is 24.3 Å². The van der Waals surface area contributed by atoms with Gasteiger partial charge in [-0.3, -0.25) is 4.79 Å². The van der Waals surface area contributed by atoms with Crippen LogP contribution in [0.25, 0.3) is 11.1 Å². The lowest BCUT2D eigenvalue weighted by atomic mass is 9.94. The van der Waals surface area contributed by atoms with Gasteiger partial charge in [-0.05, 0) is 91.1 Å². The first kappa shape index (κ1) is 23.3. The number of rotatable bonds is 9. The van der Waals surface area contributed by atoms with Gasteiger partial charge in [-0.1, -0.05) is 18.2 Å². The normalized spacial score (nSPS) is 11.2. The Morgan fingerprint density at radius 2 is 1.56 bits per heavy atom. The van der Waals surface area contributed by atoms with E-state index in [1.54, 1.807) is 0 Å². The number of aliphatic carboxylic acids is 1. The SMILES string of the molecule is CCOc1cc(C)c(-c2cccc(COc3ccc(S(=O)(=O)CC(=O)O)cc3)c2)c(C)c1. The van der Waals surface area contributed by atoms with E-state index in [0.717, 1.165) is 33.6 Å². The summed E-state index contributed by atoms with van der Waals surface area (Å²) >= 11 is 0. The van der Waals surface area contributed by atoms with E-state index in [2.05, 4.69) is 26.0 Å². The quantitative estimate of drug-likeness (QED) is 0.499. The number of sulfone groups is 1. The van der Waals surface area contributed by atoms with Crippen LogP contribution in [0.5, 0.6) is 11.5 Å². The van der Waals surface area contributed by atoms with Gasteiger partial charge in [-0.15, -0.1) is 0 Å². The highest BCUT2D eigenvalue weighted by atomic mass is 32.2. The molecule has 0 fully saturated rings. The van der Waals surface area contributed by atoms with E-state index in [9.17, 15) is 13.2 Å². The van der Waals surface area contributed by atoms with Crippen molar-refractivity contribution in [1.82, 2.24) is 0 Å². The van der Waals surface area contributed by atoms with Gasteiger partial charge in [0.05, 0.1) is 11.5 Å². The third kappa shape index (κ3) is 5.68. The Hall–Kier alpha value is -3.32. The molecule has 0 heterocycles. The Morgan fingerprint density at radius 3 is 2.16 bits per heavy atom. The summed E-state index contributed by atoms with van der Waals surface area (Å²) in [5.41, 5.74) is 5.47. The highest BCUT2D eigenvalue weighted by Crippen LogP contribution is 2.31. The fourth-order valence-electron chi connectivity index (χ4n) is 3.60. The van der Waals surface area contributed by atoms with Crippen molar-refractivity contribution in [3.63, 3.8) is 0 Å². The minimum atomic E-state index is -3.86. The maximum Gasteiger partial charge on any atom is 0.319 e. The Bertz CT molecular complexity index is 1190. The molecule has 0 bridgehead atoms. The lowest BCUT2D eigenvalue weighted by molar-refractivity contribution is -0.134. The Kier molecular flexibility index (Phi) is 7.20. The number of carbonyl (C=O) groups is 1. The summed E-state index contributed by atoms with van der Waals surface area (Å²) in [6.07, 6.45) is 0. The molecule has 0 saturated heterocycles. The smallest absolute Gasteiger partial charge is 0.319 e. The predicted octanol–water partition coefficient (Wildman–Crippen LogP) is 4.81. The first-order valence-electron chi connectivity index (χ1n) is 10.2. The molecular formula is C25H26O6S. The van der Waals surface area contributed by atoms with Gasteiger partial charge >= 0.3 is 5.97 Å². The largest absolute Gasteiger partial charge is 0.494 e. The number of aryl methyl sites for hydroxylation is 2. The zero-order valence-corrected chi connectivity index (χ0v) is 19.1. The first-order valence-corrected chi connectivity index (χ1v) is 11.9. The summed E-state index contributed by atoms with van der Waals surface area (Å²) in [7, 11) is -3.86. The van der Waals surface area contributed by atoms with Crippen LogP contribution in [-0.4, -0.2) is 31.9 Å². The summed E-state index contributed by atoms with van der Waals surface area (Å²) in [5.74, 6) is -0.967. The second kappa shape index (κ2) is 9.87. The molecule has 3 aromatic carbocycles. The van der Waals surface area contributed by atoms with Gasteiger partial charge in [-0.2, -0.15) is 0 Å². The van der Waals surface area contributed by atoms with Crippen molar-refractivity contribution in [2.24, 2.45) is 0 Å². The molecule has 3 aromatic rings. The van der Waals surface area contributed by atoms with Crippen molar-refractivity contribution in [3.05, 3.63) is 77.4 Å². The van der Waals surface area contributed by atoms with Crippen LogP contribution in [0, 0.1) is 13.8 Å². The zero-order chi connectivity index (χ0) is 23.3. The van der Waals surface area contributed by atoms with Gasteiger partial charge < -0.3 is 14.6 Å². The van der Waals surface area contributed by atoms with Crippen LogP contribution >= 0.6 is 0 Å². The van der Waals surface area contributed by atoms with Crippen LogP contribution in [0.4, 0.5) is 0 Å². The monoisotopic (exact) mass is 454 g/mol. The summed E-state index contributed by atoms with van der Waals surface area (Å²) in [6, 6.07) is 17.9. The van der Waals surface area contributed by atoms with Crippen LogP contribution < -0.4 is 9.47 Å². The van der Waals surface area contributed by atoms with Crippen molar-refractivity contribution in [2.75, 3.05) is 12.4 Å². The van der Waals surface area contributed by atoms with Gasteiger partial charge in [0.25, 0.3) is 0 Å². The third-order valence-corrected chi connectivity index (χ3v) is 6.55. The molecule has 0 aliphatic rings. The number of carboxylic acids is 1. The summed E-state index contributed by atoms with van der Waals surface area (Å²) < 4.78 is 35.4. The van der Waals surface area contributed by atoms with E-state index >= 15 is 0 Å². The molecule has 1 N–H and O–H groups in total. The van der Waals surface area contributed by atoms with Crippen LogP contribution in [0.2, 0.25) is 0 Å². The molecule has 0 spiro atoms. The summed E-state index contributed by atoms with van der Waals surface area (Å²) in [6.45, 7) is 7.02. The van der Waals surface area contributed by atoms with E-state index in [0.29, 0.717) is 19.0 Å². The topological polar surface area (TPSA) is 89.9 Å². The highest BCUT2D eigenvalue weighted by molar-refractivity contribution is 7.92. The molecule has 0 radical (unpaired) electrons. The third-order valence-electron chi connectivity index (χ3n) is 4.93. The summed E-state index contributed by atoms with van der Waals surface area (Å²) in [5, 5.41) is 8.74. The zero-order valence-electron chi connectivity index (χ0n) is 18.3. The molecule has 0 aromatic heterocycles. The van der Waals surface area contributed by atoms with E-state index in [4.69, 9.17) is 14.6 Å². The lowest BCUT2D eigenvalue weighted by Gasteiger charge is -2.14. The van der Waals surface area contributed by atoms with Crippen molar-refractivity contribution < 1.29 is 27.8 Å². The molecular weight excluding hydrogens is 428 g/mol. The van der Waals surface area contributed by atoms with Crippen molar-refractivity contribution in [1.29, 1.82) is 0 Å². The summed E-state index contributed by atoms with van der Waals surface area (Å²) in [4.78, 5) is 10.7. The van der Waals surface area contributed by atoms with Crippen LogP contribution in [0.1, 0.15) is 23.6 Å². The van der Waals surface area contributed by atoms with Gasteiger partial charge in [0.15, 0.2) is 15.6 Å². The number of benzene rings is 3. The van der Waals surface area contributed by atoms with Crippen molar-refractivity contribution in [3.8, 4) is 22.6 Å². The predicted molar refractivity (Wildman–Crippen MR) is 123 cm³/mol. The van der Waals surface area contributed by atoms with Crippen molar-refractivity contribution >= 4 is 15.8 Å². The Morgan fingerprint density at radius 1 is 0.906 bits per heavy atom. The minimum Gasteiger partial charge on any atom is -0.494 e. The number of carboxylic acid groups (broad SMARTS) is 1. The molecule has 0 saturated carbocycles. The lowest BCUT2D eigenvalue weighted by Crippen LogP contribution is -2.15. The van der Waals surface area contributed by atoms with Gasteiger partial charge in [0, 0.05) is 0 Å². The Balaban J connectivity index is 1.74. The molecule has 0 atom stereocenters. The molecule has 0 unspecified atom stereocenters. The molecule has 0 aliphatic carbocycles. The van der Waals surface area contributed by atoms with Gasteiger partial charge in [0.1, 0.15) is 18.1 Å². The van der Waals surface area contributed by atoms with Crippen LogP contribution in [0.3, 0.4) is 0 Å². The molecule has 0 aliphatic heterocycles. The first-order chi connectivity index (χ1) is 15.2. The molecule has 7 heteroatoms. The van der Waals surface area contributed by atoms with Gasteiger partial charge in [0.2, 0.25) is 0 Å². The van der Waals surface area contributed by atoms with Crippen LogP contribution in [-0.2, 0) is 21.2 Å². The number of hydrogen-bond donors (Lipinski definition) is 1. The molecule has 32 heavy (non-hydrogen) atoms. The second-order valence-corrected chi connectivity index (χ2v) is 9.47. The fourth-order valence-corrected chi connectivity index (χ4v) is 4.64. The maximum atomic E-state index is 12.0. The average molecular weight is 455 g/mol. The Labute approximate surface area is 188 Å². The fraction of sp³-hybridized carbons (Fsp3) is 0.240. The van der Waals surface area contributed by atoms with E-state index < -0.39 is 21.6 Å². The molecule has 6 nitrogen and oxygen atoms in total. The molecule has 168 valence electrons. The second-order valence-electron chi connectivity index (χ2n) is 7.48. The van der Waals surface area contributed by atoms with Crippen LogP contribution in [0.15, 0.2) is 65.6 Å². The van der Waals surface area contributed by atoms with E-state index in [-0.39, 0.29) is 4.90 Å². The maximum absolute atomic E-state index is 12.0. The molecule has 3 rings (SSSR count).